The van der Waals surface area contributed by atoms with Crippen LogP contribution in [0.2, 0.25) is 0 Å². The predicted molar refractivity (Wildman–Crippen MR) is 121 cm³/mol. The van der Waals surface area contributed by atoms with Gasteiger partial charge in [0.25, 0.3) is 5.91 Å². The molecule has 6 heteroatoms. The molecule has 152 valence electrons. The molecule has 2 aromatic heterocycles. The van der Waals surface area contributed by atoms with Gasteiger partial charge in [-0.2, -0.15) is 5.10 Å². The first-order valence-electron chi connectivity index (χ1n) is 10.4. The average molecular weight is 417 g/mol. The number of para-hydroxylation sites is 2. The van der Waals surface area contributed by atoms with Crippen molar-refractivity contribution < 1.29 is 4.79 Å². The summed E-state index contributed by atoms with van der Waals surface area (Å²) in [6.07, 6.45) is 1.90. The molecule has 0 radical (unpaired) electrons. The Bertz CT molecular complexity index is 1180. The highest BCUT2D eigenvalue weighted by molar-refractivity contribution is 7.18. The van der Waals surface area contributed by atoms with Gasteiger partial charge >= 0.3 is 0 Å². The van der Waals surface area contributed by atoms with Gasteiger partial charge in [0.05, 0.1) is 32.2 Å². The lowest BCUT2D eigenvalue weighted by Crippen LogP contribution is -2.38. The van der Waals surface area contributed by atoms with E-state index >= 15 is 0 Å². The van der Waals surface area contributed by atoms with Gasteiger partial charge in [0, 0.05) is 24.7 Å². The van der Waals surface area contributed by atoms with Gasteiger partial charge in [-0.15, -0.1) is 11.3 Å². The highest BCUT2D eigenvalue weighted by Gasteiger charge is 2.28. The second-order valence-corrected chi connectivity index (χ2v) is 9.00. The number of hydrogen-bond acceptors (Lipinski definition) is 4. The first-order valence-corrected chi connectivity index (χ1v) is 11.2. The van der Waals surface area contributed by atoms with Gasteiger partial charge in [0.15, 0.2) is 0 Å². The zero-order chi connectivity index (χ0) is 20.7. The van der Waals surface area contributed by atoms with E-state index in [9.17, 15) is 4.79 Å². The van der Waals surface area contributed by atoms with E-state index < -0.39 is 0 Å². The Hall–Kier alpha value is -2.99. The molecule has 5 nitrogen and oxygen atoms in total. The van der Waals surface area contributed by atoms with Crippen LogP contribution in [-0.4, -0.2) is 38.7 Å². The molecule has 1 amide bonds. The third kappa shape index (κ3) is 3.41. The molecule has 1 saturated heterocycles. The summed E-state index contributed by atoms with van der Waals surface area (Å²) in [7, 11) is 0. The number of aryl methyl sites for hydroxylation is 2. The summed E-state index contributed by atoms with van der Waals surface area (Å²) in [5.41, 5.74) is 4.62. The molecule has 1 fully saturated rings. The standard InChI is InChI=1S/C24H24N4OS/c1-16-15-17(2)28(26-16)21-9-5-3-7-19(21)24(29)27-13-11-18(12-14-27)23-25-20-8-4-6-10-22(20)30-23/h3-10,15,18H,11-14H2,1-2H3. The van der Waals surface area contributed by atoms with Crippen molar-refractivity contribution in [2.75, 3.05) is 13.1 Å². The number of likely N-dealkylation sites (tertiary alicyclic amines) is 1. The number of nitrogens with zero attached hydrogens (tertiary/aromatic N) is 4. The SMILES string of the molecule is Cc1cc(C)n(-c2ccccc2C(=O)N2CCC(c3nc4ccccc4s3)CC2)n1. The molecule has 0 bridgehead atoms. The van der Waals surface area contributed by atoms with Gasteiger partial charge in [-0.25, -0.2) is 9.67 Å². The Morgan fingerprint density at radius 1 is 1.03 bits per heavy atom. The predicted octanol–water partition coefficient (Wildman–Crippen LogP) is 5.12. The van der Waals surface area contributed by atoms with E-state index in [2.05, 4.69) is 23.3 Å². The summed E-state index contributed by atoms with van der Waals surface area (Å²) < 4.78 is 3.11. The molecule has 0 atom stereocenters. The number of thiazole rings is 1. The van der Waals surface area contributed by atoms with E-state index in [0.717, 1.165) is 48.5 Å². The molecule has 0 aliphatic carbocycles. The monoisotopic (exact) mass is 416 g/mol. The number of carbonyl (C=O) groups is 1. The molecule has 0 spiro atoms. The van der Waals surface area contributed by atoms with Crippen LogP contribution in [0.5, 0.6) is 0 Å². The van der Waals surface area contributed by atoms with Crippen molar-refractivity contribution in [2.45, 2.75) is 32.6 Å². The molecular formula is C24H24N4OS. The number of piperidine rings is 1. The highest BCUT2D eigenvalue weighted by atomic mass is 32.1. The van der Waals surface area contributed by atoms with Crippen molar-refractivity contribution in [2.24, 2.45) is 0 Å². The third-order valence-corrected chi connectivity index (χ3v) is 7.01. The van der Waals surface area contributed by atoms with Crippen LogP contribution in [0.25, 0.3) is 15.9 Å². The number of rotatable bonds is 3. The Morgan fingerprint density at radius 3 is 2.50 bits per heavy atom. The van der Waals surface area contributed by atoms with E-state index in [1.807, 2.05) is 59.8 Å². The minimum atomic E-state index is 0.0842. The zero-order valence-electron chi connectivity index (χ0n) is 17.2. The molecule has 4 aromatic rings. The van der Waals surface area contributed by atoms with Crippen molar-refractivity contribution in [3.8, 4) is 5.69 Å². The molecule has 0 unspecified atom stereocenters. The van der Waals surface area contributed by atoms with Crippen molar-refractivity contribution in [1.29, 1.82) is 0 Å². The van der Waals surface area contributed by atoms with E-state index in [4.69, 9.17) is 4.98 Å². The summed E-state index contributed by atoms with van der Waals surface area (Å²) in [6, 6.07) is 18.1. The minimum absolute atomic E-state index is 0.0842. The topological polar surface area (TPSA) is 51.0 Å². The minimum Gasteiger partial charge on any atom is -0.339 e. The van der Waals surface area contributed by atoms with Gasteiger partial charge in [-0.05, 0) is 57.0 Å². The Morgan fingerprint density at radius 2 is 1.77 bits per heavy atom. The third-order valence-electron chi connectivity index (χ3n) is 5.81. The molecule has 0 N–H and O–H groups in total. The average Bonchev–Trinajstić information content (AvgIpc) is 3.36. The molecule has 0 saturated carbocycles. The molecule has 3 heterocycles. The van der Waals surface area contributed by atoms with Gasteiger partial charge in [-0.3, -0.25) is 4.79 Å². The van der Waals surface area contributed by atoms with Crippen molar-refractivity contribution >= 4 is 27.5 Å². The van der Waals surface area contributed by atoms with Crippen molar-refractivity contribution in [3.63, 3.8) is 0 Å². The second kappa shape index (κ2) is 7.69. The smallest absolute Gasteiger partial charge is 0.256 e. The number of benzene rings is 2. The number of aromatic nitrogens is 3. The van der Waals surface area contributed by atoms with Crippen LogP contribution in [0, 0.1) is 13.8 Å². The van der Waals surface area contributed by atoms with Crippen LogP contribution in [-0.2, 0) is 0 Å². The first-order chi connectivity index (χ1) is 14.6. The van der Waals surface area contributed by atoms with E-state index in [0.29, 0.717) is 11.5 Å². The molecule has 1 aliphatic heterocycles. The van der Waals surface area contributed by atoms with Crippen LogP contribution in [0.15, 0.2) is 54.6 Å². The van der Waals surface area contributed by atoms with Crippen LogP contribution in [0.4, 0.5) is 0 Å². The lowest BCUT2D eigenvalue weighted by atomic mass is 9.97. The maximum absolute atomic E-state index is 13.4. The molecule has 2 aromatic carbocycles. The summed E-state index contributed by atoms with van der Waals surface area (Å²) in [4.78, 5) is 20.2. The Balaban J connectivity index is 1.34. The van der Waals surface area contributed by atoms with Crippen LogP contribution in [0.1, 0.15) is 45.5 Å². The van der Waals surface area contributed by atoms with Crippen molar-refractivity contribution in [3.05, 3.63) is 76.6 Å². The lowest BCUT2D eigenvalue weighted by molar-refractivity contribution is 0.0713. The van der Waals surface area contributed by atoms with E-state index in [1.54, 1.807) is 11.3 Å². The summed E-state index contributed by atoms with van der Waals surface area (Å²) >= 11 is 1.79. The number of amides is 1. The van der Waals surface area contributed by atoms with E-state index in [1.165, 1.54) is 9.71 Å². The second-order valence-electron chi connectivity index (χ2n) is 7.94. The van der Waals surface area contributed by atoms with Crippen LogP contribution in [0.3, 0.4) is 0 Å². The number of carbonyl (C=O) groups excluding carboxylic acids is 1. The Labute approximate surface area is 180 Å². The number of fused-ring (bicyclic) bond motifs is 1. The first kappa shape index (κ1) is 19.0. The van der Waals surface area contributed by atoms with E-state index in [-0.39, 0.29) is 5.91 Å². The van der Waals surface area contributed by atoms with Crippen LogP contribution < -0.4 is 0 Å². The summed E-state index contributed by atoms with van der Waals surface area (Å²) in [5.74, 6) is 0.513. The van der Waals surface area contributed by atoms with Gasteiger partial charge in [0.2, 0.25) is 0 Å². The van der Waals surface area contributed by atoms with Gasteiger partial charge in [0.1, 0.15) is 0 Å². The zero-order valence-corrected chi connectivity index (χ0v) is 18.0. The highest BCUT2D eigenvalue weighted by Crippen LogP contribution is 2.34. The maximum atomic E-state index is 13.4. The fourth-order valence-corrected chi connectivity index (χ4v) is 5.41. The fraction of sp³-hybridized carbons (Fsp3) is 0.292. The van der Waals surface area contributed by atoms with Crippen molar-refractivity contribution in [1.82, 2.24) is 19.7 Å². The number of hydrogen-bond donors (Lipinski definition) is 0. The maximum Gasteiger partial charge on any atom is 0.256 e. The molecule has 1 aliphatic rings. The molecule has 5 rings (SSSR count). The molecule has 30 heavy (non-hydrogen) atoms. The summed E-state index contributed by atoms with van der Waals surface area (Å²) in [5, 5.41) is 5.78. The fourth-order valence-electron chi connectivity index (χ4n) is 4.28. The van der Waals surface area contributed by atoms with Gasteiger partial charge in [-0.1, -0.05) is 24.3 Å². The summed E-state index contributed by atoms with van der Waals surface area (Å²) in [6.45, 7) is 5.50. The quantitative estimate of drug-likeness (QED) is 0.466. The van der Waals surface area contributed by atoms with Gasteiger partial charge < -0.3 is 4.90 Å². The largest absolute Gasteiger partial charge is 0.339 e. The van der Waals surface area contributed by atoms with Crippen LogP contribution >= 0.6 is 11.3 Å². The Kier molecular flexibility index (Phi) is 4.87. The molecular weight excluding hydrogens is 392 g/mol. The normalized spacial score (nSPS) is 15.1. The lowest BCUT2D eigenvalue weighted by Gasteiger charge is -2.31.